The molecule has 1 aliphatic rings. The van der Waals surface area contributed by atoms with E-state index in [0.717, 1.165) is 24.1 Å². The normalized spacial score (nSPS) is 24.5. The molecule has 3 rings (SSSR count). The van der Waals surface area contributed by atoms with Crippen LogP contribution in [0.2, 0.25) is 0 Å². The van der Waals surface area contributed by atoms with E-state index in [2.05, 4.69) is 9.97 Å². The lowest BCUT2D eigenvalue weighted by atomic mass is 10.1. The Bertz CT molecular complexity index is 539. The van der Waals surface area contributed by atoms with Crippen molar-refractivity contribution in [2.75, 3.05) is 12.3 Å². The maximum absolute atomic E-state index is 9.06. The van der Waals surface area contributed by atoms with Gasteiger partial charge in [0.2, 0.25) is 5.95 Å². The fourth-order valence-corrected chi connectivity index (χ4v) is 2.29. The van der Waals surface area contributed by atoms with Crippen molar-refractivity contribution in [3.63, 3.8) is 0 Å². The first-order valence-corrected chi connectivity index (χ1v) is 5.63. The summed E-state index contributed by atoms with van der Waals surface area (Å²) in [5.41, 5.74) is 7.54. The number of anilines is 1. The van der Waals surface area contributed by atoms with Gasteiger partial charge in [-0.3, -0.25) is 4.40 Å². The summed E-state index contributed by atoms with van der Waals surface area (Å²) in [4.78, 5) is 8.15. The van der Waals surface area contributed by atoms with Crippen molar-refractivity contribution in [2.45, 2.75) is 25.0 Å². The largest absolute Gasteiger partial charge is 0.394 e. The van der Waals surface area contributed by atoms with E-state index < -0.39 is 0 Å². The minimum Gasteiger partial charge on any atom is -0.394 e. The highest BCUT2D eigenvalue weighted by Crippen LogP contribution is 2.34. The maximum Gasteiger partial charge on any atom is 0.207 e. The zero-order valence-electron chi connectivity index (χ0n) is 9.28. The summed E-state index contributed by atoms with van der Waals surface area (Å²) in [5, 5.41) is 9.06. The molecule has 1 fully saturated rings. The Hall–Kier alpha value is -1.66. The lowest BCUT2D eigenvalue weighted by Gasteiger charge is -2.11. The first kappa shape index (κ1) is 10.5. The maximum atomic E-state index is 9.06. The van der Waals surface area contributed by atoms with E-state index in [1.54, 1.807) is 4.40 Å². The highest BCUT2D eigenvalue weighted by Gasteiger charge is 2.28. The molecule has 6 heteroatoms. The molecule has 1 saturated heterocycles. The lowest BCUT2D eigenvalue weighted by molar-refractivity contribution is 0.0115. The van der Waals surface area contributed by atoms with E-state index in [9.17, 15) is 0 Å². The second-order valence-corrected chi connectivity index (χ2v) is 4.20. The van der Waals surface area contributed by atoms with Crippen LogP contribution in [0.15, 0.2) is 18.6 Å². The van der Waals surface area contributed by atoms with Crippen molar-refractivity contribution in [1.82, 2.24) is 14.4 Å². The summed E-state index contributed by atoms with van der Waals surface area (Å²) < 4.78 is 7.48. The van der Waals surface area contributed by atoms with Gasteiger partial charge in [-0.1, -0.05) is 0 Å². The number of aliphatic hydroxyl groups is 1. The average molecular weight is 234 g/mol. The van der Waals surface area contributed by atoms with Crippen LogP contribution in [0.4, 0.5) is 5.95 Å². The fourth-order valence-electron chi connectivity index (χ4n) is 2.29. The van der Waals surface area contributed by atoms with Gasteiger partial charge in [0, 0.05) is 11.8 Å². The molecule has 6 nitrogen and oxygen atoms in total. The van der Waals surface area contributed by atoms with Crippen LogP contribution in [-0.2, 0) is 4.74 Å². The Morgan fingerprint density at radius 1 is 1.47 bits per heavy atom. The van der Waals surface area contributed by atoms with Gasteiger partial charge in [0.25, 0.3) is 0 Å². The molecule has 0 aromatic carbocycles. The predicted molar refractivity (Wildman–Crippen MR) is 61.3 cm³/mol. The van der Waals surface area contributed by atoms with Gasteiger partial charge in [0.1, 0.15) is 12.0 Å². The van der Waals surface area contributed by atoms with Gasteiger partial charge in [-0.05, 0) is 18.9 Å². The molecule has 0 radical (unpaired) electrons. The molecular formula is C11H14N4O2. The quantitative estimate of drug-likeness (QED) is 0.791. The zero-order valence-corrected chi connectivity index (χ0v) is 9.28. The summed E-state index contributed by atoms with van der Waals surface area (Å²) in [6.07, 6.45) is 5.00. The number of hydrogen-bond donors (Lipinski definition) is 2. The van der Waals surface area contributed by atoms with E-state index in [1.165, 1.54) is 6.33 Å². The van der Waals surface area contributed by atoms with Gasteiger partial charge in [0.15, 0.2) is 0 Å². The Morgan fingerprint density at radius 3 is 3.12 bits per heavy atom. The second kappa shape index (κ2) is 3.97. The summed E-state index contributed by atoms with van der Waals surface area (Å²) in [6, 6.07) is 1.95. The molecular weight excluding hydrogens is 220 g/mol. The van der Waals surface area contributed by atoms with Crippen LogP contribution in [0.5, 0.6) is 0 Å². The summed E-state index contributed by atoms with van der Waals surface area (Å²) in [5.74, 6) is 0.415. The number of aliphatic hydroxyl groups excluding tert-OH is 1. The van der Waals surface area contributed by atoms with E-state index in [-0.39, 0.29) is 18.8 Å². The number of nitrogens with two attached hydrogens (primary N) is 1. The third-order valence-corrected chi connectivity index (χ3v) is 3.16. The first-order chi connectivity index (χ1) is 8.29. The molecule has 2 atom stereocenters. The molecule has 0 bridgehead atoms. The van der Waals surface area contributed by atoms with E-state index in [0.29, 0.717) is 5.95 Å². The van der Waals surface area contributed by atoms with Gasteiger partial charge in [-0.2, -0.15) is 0 Å². The highest BCUT2D eigenvalue weighted by atomic mass is 16.5. The van der Waals surface area contributed by atoms with Crippen molar-refractivity contribution in [3.05, 3.63) is 24.2 Å². The van der Waals surface area contributed by atoms with E-state index in [1.807, 2.05) is 12.3 Å². The number of aromatic nitrogens is 3. The number of fused-ring (bicyclic) bond motifs is 1. The Balaban J connectivity index is 1.99. The smallest absolute Gasteiger partial charge is 0.207 e. The van der Waals surface area contributed by atoms with Crippen molar-refractivity contribution in [1.29, 1.82) is 0 Å². The first-order valence-electron chi connectivity index (χ1n) is 5.63. The van der Waals surface area contributed by atoms with Gasteiger partial charge in [0.05, 0.1) is 18.8 Å². The molecule has 1 aliphatic heterocycles. The minimum absolute atomic E-state index is 0.00792. The lowest BCUT2D eigenvalue weighted by Crippen LogP contribution is -2.11. The van der Waals surface area contributed by atoms with Crippen LogP contribution in [0, 0.1) is 0 Å². The van der Waals surface area contributed by atoms with Crippen LogP contribution in [-0.4, -0.2) is 32.2 Å². The molecule has 17 heavy (non-hydrogen) atoms. The predicted octanol–water partition coefficient (Wildman–Crippen LogP) is 0.524. The molecule has 0 spiro atoms. The topological polar surface area (TPSA) is 85.7 Å². The van der Waals surface area contributed by atoms with Crippen molar-refractivity contribution in [2.24, 2.45) is 0 Å². The van der Waals surface area contributed by atoms with Gasteiger partial charge in [-0.15, -0.1) is 0 Å². The number of nitrogens with zero attached hydrogens (tertiary/aromatic N) is 3. The Morgan fingerprint density at radius 2 is 2.35 bits per heavy atom. The molecule has 0 unspecified atom stereocenters. The van der Waals surface area contributed by atoms with E-state index in [4.69, 9.17) is 15.6 Å². The molecule has 3 heterocycles. The minimum atomic E-state index is -0.0610. The van der Waals surface area contributed by atoms with Crippen molar-refractivity contribution < 1.29 is 9.84 Å². The van der Waals surface area contributed by atoms with Crippen LogP contribution in [0.3, 0.4) is 0 Å². The third-order valence-electron chi connectivity index (χ3n) is 3.16. The third kappa shape index (κ3) is 1.65. The van der Waals surface area contributed by atoms with Gasteiger partial charge >= 0.3 is 0 Å². The van der Waals surface area contributed by atoms with Crippen LogP contribution in [0.1, 0.15) is 24.5 Å². The SMILES string of the molecule is Nc1ncnc2c([C@H]3CC[C@@H](CO)O3)ccn12. The average Bonchev–Trinajstić information content (AvgIpc) is 2.94. The zero-order chi connectivity index (χ0) is 11.8. The van der Waals surface area contributed by atoms with Gasteiger partial charge in [-0.25, -0.2) is 9.97 Å². The highest BCUT2D eigenvalue weighted by molar-refractivity contribution is 5.53. The fraction of sp³-hybridized carbons (Fsp3) is 0.455. The molecule has 0 amide bonds. The molecule has 0 saturated carbocycles. The second-order valence-electron chi connectivity index (χ2n) is 4.20. The molecule has 0 aliphatic carbocycles. The molecule has 3 N–H and O–H groups in total. The summed E-state index contributed by atoms with van der Waals surface area (Å²) in [6.45, 7) is 0.0689. The molecule has 2 aromatic heterocycles. The summed E-state index contributed by atoms with van der Waals surface area (Å²) in [7, 11) is 0. The van der Waals surface area contributed by atoms with Crippen LogP contribution < -0.4 is 5.73 Å². The molecule has 2 aromatic rings. The van der Waals surface area contributed by atoms with Crippen LogP contribution in [0.25, 0.3) is 5.65 Å². The Labute approximate surface area is 98.1 Å². The standard InChI is InChI=1S/C11H14N4O2/c12-11-14-6-13-10-8(3-4-15(10)11)9-2-1-7(5-16)17-9/h3-4,6-7,9,16H,1-2,5H2,(H2,12,13,14)/t7-,9+/m0/s1. The monoisotopic (exact) mass is 234 g/mol. The van der Waals surface area contributed by atoms with E-state index >= 15 is 0 Å². The number of nitrogen functional groups attached to an aromatic ring is 1. The number of hydrogen-bond acceptors (Lipinski definition) is 5. The number of rotatable bonds is 2. The Kier molecular flexibility index (Phi) is 2.45. The number of ether oxygens (including phenoxy) is 1. The van der Waals surface area contributed by atoms with Crippen molar-refractivity contribution >= 4 is 11.6 Å². The van der Waals surface area contributed by atoms with Crippen molar-refractivity contribution in [3.8, 4) is 0 Å². The molecule has 90 valence electrons. The van der Waals surface area contributed by atoms with Crippen LogP contribution >= 0.6 is 0 Å². The van der Waals surface area contributed by atoms with Gasteiger partial charge < -0.3 is 15.6 Å². The summed E-state index contributed by atoms with van der Waals surface area (Å²) >= 11 is 0.